The molecule has 0 saturated heterocycles. The first-order valence-electron chi connectivity index (χ1n) is 16.6. The molecule has 0 unspecified atom stereocenters. The zero-order chi connectivity index (χ0) is 34.6. The first-order valence-corrected chi connectivity index (χ1v) is 18.0. The number of thiophene rings is 1. The maximum atomic E-state index is 12.2. The fourth-order valence-electron chi connectivity index (χ4n) is 5.68. The molecule has 0 spiro atoms. The second-order valence-corrected chi connectivity index (χ2v) is 15.2. The molecule has 257 valence electrons. The summed E-state index contributed by atoms with van der Waals surface area (Å²) < 4.78 is 1.20. The summed E-state index contributed by atoms with van der Waals surface area (Å²) in [5.74, 6) is 0.286. The third-order valence-electron chi connectivity index (χ3n) is 10.0. The zero-order valence-electron chi connectivity index (χ0n) is 29.7. The van der Waals surface area contributed by atoms with Crippen molar-refractivity contribution in [1.82, 2.24) is 9.97 Å². The van der Waals surface area contributed by atoms with Gasteiger partial charge >= 0.3 is 0 Å². The molecule has 0 fully saturated rings. The minimum Gasteiger partial charge on any atom is -0.512 e. The van der Waals surface area contributed by atoms with Crippen LogP contribution in [0.1, 0.15) is 99.1 Å². The van der Waals surface area contributed by atoms with Gasteiger partial charge in [0.25, 0.3) is 0 Å². The molecular weight excluding hydrogens is 809 g/mol. The Morgan fingerprint density at radius 1 is 0.896 bits per heavy atom. The Morgan fingerprint density at radius 2 is 1.54 bits per heavy atom. The predicted octanol–water partition coefficient (Wildman–Crippen LogP) is 12.3. The predicted molar refractivity (Wildman–Crippen MR) is 207 cm³/mol. The molecule has 2 aromatic heterocycles. The van der Waals surface area contributed by atoms with Crippen molar-refractivity contribution in [3.05, 3.63) is 89.3 Å². The molecule has 7 heteroatoms. The molecule has 2 heterocycles. The Balaban J connectivity index is 0.000000301. The van der Waals surface area contributed by atoms with Crippen LogP contribution < -0.4 is 0 Å². The second kappa shape index (κ2) is 16.3. The molecule has 0 saturated carbocycles. The minimum absolute atomic E-state index is 0. The summed E-state index contributed by atoms with van der Waals surface area (Å²) in [4.78, 5) is 22.5. The van der Waals surface area contributed by atoms with Gasteiger partial charge in [0.2, 0.25) is 0 Å². The van der Waals surface area contributed by atoms with Crippen molar-refractivity contribution in [2.75, 3.05) is 0 Å². The van der Waals surface area contributed by atoms with E-state index in [1.54, 1.807) is 23.1 Å². The summed E-state index contributed by atoms with van der Waals surface area (Å²) in [5, 5.41) is 16.5. The molecule has 0 bridgehead atoms. The molecule has 0 aliphatic heterocycles. The number of thiol groups is 1. The fraction of sp³-hybridized carbons (Fsp3) is 0.390. The van der Waals surface area contributed by atoms with E-state index in [1.165, 1.54) is 27.1 Å². The summed E-state index contributed by atoms with van der Waals surface area (Å²) in [6.07, 6.45) is 8.41. The number of allylic oxidation sites excluding steroid dienone is 2. The number of aliphatic hydroxyl groups is 1. The van der Waals surface area contributed by atoms with Gasteiger partial charge in [0.1, 0.15) is 16.9 Å². The van der Waals surface area contributed by atoms with Gasteiger partial charge in [-0.15, -0.1) is 40.5 Å². The first kappa shape index (κ1) is 39.6. The van der Waals surface area contributed by atoms with Gasteiger partial charge in [0.05, 0.1) is 0 Å². The van der Waals surface area contributed by atoms with Gasteiger partial charge in [-0.1, -0.05) is 104 Å². The Hall–Kier alpha value is -2.83. The van der Waals surface area contributed by atoms with E-state index >= 15 is 0 Å². The van der Waals surface area contributed by atoms with Gasteiger partial charge in [0, 0.05) is 52.8 Å². The molecule has 0 amide bonds. The quantitative estimate of drug-likeness (QED) is 0.0671. The van der Waals surface area contributed by atoms with Crippen LogP contribution in [0.25, 0.3) is 48.4 Å². The SMILES string of the molecule is CC(C)(C)c1cc(-c2ncnc3sc4cc(/C=C\S)ccc4c23)[c-]c2ccccc12.CCC(C)(CC)C(=O)/C=C(\O)C(C)(CC)CC.[Ir]. The van der Waals surface area contributed by atoms with Crippen LogP contribution in [0.4, 0.5) is 0 Å². The summed E-state index contributed by atoms with van der Waals surface area (Å²) >= 11 is 5.90. The van der Waals surface area contributed by atoms with Crippen molar-refractivity contribution >= 4 is 66.9 Å². The smallest absolute Gasteiger partial charge is 0.164 e. The van der Waals surface area contributed by atoms with Crippen LogP contribution in [-0.2, 0) is 30.3 Å². The van der Waals surface area contributed by atoms with Crippen LogP contribution in [-0.4, -0.2) is 20.9 Å². The van der Waals surface area contributed by atoms with Crippen LogP contribution in [0.2, 0.25) is 0 Å². The molecule has 5 aromatic rings. The van der Waals surface area contributed by atoms with Crippen molar-refractivity contribution in [3.63, 3.8) is 0 Å². The molecule has 3 aromatic carbocycles. The van der Waals surface area contributed by atoms with Crippen molar-refractivity contribution in [2.24, 2.45) is 10.8 Å². The molecule has 1 radical (unpaired) electrons. The molecule has 0 aliphatic rings. The summed E-state index contributed by atoms with van der Waals surface area (Å²) in [6.45, 7) is 18.8. The largest absolute Gasteiger partial charge is 0.512 e. The standard InChI is InChI=1S/C26H21N2S2.C15H28O2.Ir/c1-26(2,3)21-14-18(13-17-6-4-5-7-19(17)21)24-23-20-9-8-16(10-11-29)12-22(20)30-25(23)28-15-27-24;1-7-14(5,8-2)12(16)11-13(17)15(6,9-3)10-4;/h4-12,14-15,29H,1-3H3;11,16H,7-10H2,1-6H3;/q-1;;/b11-10-;12-11-;. The fourth-order valence-corrected chi connectivity index (χ4v) is 6.94. The van der Waals surface area contributed by atoms with Gasteiger partial charge in [-0.3, -0.25) is 9.78 Å². The van der Waals surface area contributed by atoms with E-state index in [2.05, 4.69) is 93.0 Å². The summed E-state index contributed by atoms with van der Waals surface area (Å²) in [6, 6.07) is 20.8. The number of carbonyl (C=O) groups excluding carboxylic acids is 1. The maximum absolute atomic E-state index is 12.2. The van der Waals surface area contributed by atoms with Crippen LogP contribution in [0.5, 0.6) is 0 Å². The number of rotatable bonds is 9. The number of fused-ring (bicyclic) bond motifs is 4. The van der Waals surface area contributed by atoms with E-state index in [0.717, 1.165) is 58.1 Å². The Bertz CT molecular complexity index is 1940. The van der Waals surface area contributed by atoms with Crippen LogP contribution in [0.3, 0.4) is 0 Å². The van der Waals surface area contributed by atoms with E-state index in [4.69, 9.17) is 4.98 Å². The number of hydrogen-bond donors (Lipinski definition) is 2. The van der Waals surface area contributed by atoms with Crippen molar-refractivity contribution in [1.29, 1.82) is 0 Å². The summed E-state index contributed by atoms with van der Waals surface area (Å²) in [7, 11) is 0. The Morgan fingerprint density at radius 3 is 2.15 bits per heavy atom. The zero-order valence-corrected chi connectivity index (χ0v) is 33.8. The van der Waals surface area contributed by atoms with Crippen molar-refractivity contribution in [3.8, 4) is 11.3 Å². The number of nitrogens with zero attached hydrogens (tertiary/aromatic N) is 2. The average molecular weight is 858 g/mol. The Kier molecular flexibility index (Phi) is 13.4. The van der Waals surface area contributed by atoms with Gasteiger partial charge in [-0.2, -0.15) is 12.6 Å². The first-order chi connectivity index (χ1) is 22.2. The number of hydrogen-bond acceptors (Lipinski definition) is 6. The molecule has 1 N–H and O–H groups in total. The van der Waals surface area contributed by atoms with E-state index in [1.807, 2.05) is 47.6 Å². The topological polar surface area (TPSA) is 63.1 Å². The number of carbonyl (C=O) groups is 1. The monoisotopic (exact) mass is 858 g/mol. The number of benzene rings is 3. The molecule has 48 heavy (non-hydrogen) atoms. The van der Waals surface area contributed by atoms with Crippen molar-refractivity contribution < 1.29 is 30.0 Å². The third kappa shape index (κ3) is 8.30. The average Bonchev–Trinajstić information content (AvgIpc) is 3.45. The molecule has 0 atom stereocenters. The Labute approximate surface area is 309 Å². The maximum Gasteiger partial charge on any atom is 0.164 e. The third-order valence-corrected chi connectivity index (χ3v) is 11.2. The van der Waals surface area contributed by atoms with Gasteiger partial charge in [-0.05, 0) is 59.6 Å². The number of aliphatic hydroxyl groups excluding tert-OH is 1. The summed E-state index contributed by atoms with van der Waals surface area (Å²) in [5.41, 5.74) is 3.81. The van der Waals surface area contributed by atoms with Crippen LogP contribution >= 0.6 is 24.0 Å². The molecule has 5 rings (SSSR count). The van der Waals surface area contributed by atoms with E-state index < -0.39 is 0 Å². The second-order valence-electron chi connectivity index (χ2n) is 13.9. The van der Waals surface area contributed by atoms with Gasteiger partial charge in [0.15, 0.2) is 5.78 Å². The molecule has 0 aliphatic carbocycles. The van der Waals surface area contributed by atoms with Crippen molar-refractivity contribution in [2.45, 2.75) is 93.4 Å². The van der Waals surface area contributed by atoms with Gasteiger partial charge in [-0.25, -0.2) is 4.98 Å². The van der Waals surface area contributed by atoms with Crippen LogP contribution in [0.15, 0.2) is 72.1 Å². The van der Waals surface area contributed by atoms with Gasteiger partial charge < -0.3 is 5.11 Å². The number of ketones is 1. The van der Waals surface area contributed by atoms with Crippen LogP contribution in [0, 0.1) is 16.9 Å². The molecule has 4 nitrogen and oxygen atoms in total. The van der Waals surface area contributed by atoms with E-state index in [0.29, 0.717) is 0 Å². The normalized spacial score (nSPS) is 12.8. The molecular formula is C41H49IrN2O2S2-. The number of aromatic nitrogens is 2. The van der Waals surface area contributed by atoms with E-state index in [9.17, 15) is 9.90 Å². The van der Waals surface area contributed by atoms with E-state index in [-0.39, 0.29) is 47.9 Å². The minimum atomic E-state index is -0.337.